The van der Waals surface area contributed by atoms with Gasteiger partial charge >= 0.3 is 0 Å². The first-order valence-corrected chi connectivity index (χ1v) is 10.5. The Morgan fingerprint density at radius 2 is 1.97 bits per heavy atom. The van der Waals surface area contributed by atoms with Crippen LogP contribution in [0.4, 0.5) is 23.1 Å². The van der Waals surface area contributed by atoms with E-state index in [0.29, 0.717) is 35.6 Å². The van der Waals surface area contributed by atoms with E-state index in [2.05, 4.69) is 30.8 Å². The number of rotatable bonds is 6. The highest BCUT2D eigenvalue weighted by atomic mass is 35.5. The van der Waals surface area contributed by atoms with Crippen molar-refractivity contribution in [3.8, 4) is 0 Å². The van der Waals surface area contributed by atoms with Crippen LogP contribution in [0.2, 0.25) is 5.02 Å². The van der Waals surface area contributed by atoms with Crippen LogP contribution in [0.25, 0.3) is 0 Å². The zero-order valence-corrected chi connectivity index (χ0v) is 17.9. The second-order valence-corrected chi connectivity index (χ2v) is 8.00. The lowest BCUT2D eigenvalue weighted by Gasteiger charge is -2.31. The fourth-order valence-electron chi connectivity index (χ4n) is 3.44. The maximum absolute atomic E-state index is 13.2. The van der Waals surface area contributed by atoms with Gasteiger partial charge in [0.15, 0.2) is 23.1 Å². The molecule has 9 nitrogen and oxygen atoms in total. The Kier molecular flexibility index (Phi) is 6.34. The number of carbonyl (C=O) groups is 1. The van der Waals surface area contributed by atoms with Crippen LogP contribution in [-0.4, -0.2) is 55.8 Å². The van der Waals surface area contributed by atoms with Gasteiger partial charge in [0.05, 0.1) is 6.20 Å². The number of H-pyrrole nitrogens is 1. The number of aliphatic hydroxyl groups is 1. The Labute approximate surface area is 184 Å². The largest absolute Gasteiger partial charge is 0.396 e. The van der Waals surface area contributed by atoms with Gasteiger partial charge < -0.3 is 20.6 Å². The van der Waals surface area contributed by atoms with E-state index in [1.54, 1.807) is 17.0 Å². The molecule has 0 aliphatic carbocycles. The zero-order chi connectivity index (χ0) is 21.8. The number of nitrogens with zero attached hydrogens (tertiary/aromatic N) is 4. The lowest BCUT2D eigenvalue weighted by atomic mass is 9.98. The minimum Gasteiger partial charge on any atom is -0.396 e. The van der Waals surface area contributed by atoms with E-state index in [1.165, 1.54) is 6.20 Å². The van der Waals surface area contributed by atoms with E-state index < -0.39 is 0 Å². The summed E-state index contributed by atoms with van der Waals surface area (Å²) in [7, 11) is 0. The Hall–Kier alpha value is -3.17. The van der Waals surface area contributed by atoms with Crippen molar-refractivity contribution in [3.63, 3.8) is 0 Å². The molecule has 0 bridgehead atoms. The van der Waals surface area contributed by atoms with Crippen molar-refractivity contribution in [2.45, 2.75) is 19.8 Å². The van der Waals surface area contributed by atoms with Gasteiger partial charge in [-0.1, -0.05) is 11.6 Å². The molecule has 0 radical (unpaired) electrons. The third-order valence-electron chi connectivity index (χ3n) is 5.20. The summed E-state index contributed by atoms with van der Waals surface area (Å²) in [5.41, 5.74) is 1.88. The lowest BCUT2D eigenvalue weighted by molar-refractivity contribution is 0.0646. The number of aryl methyl sites for hydroxylation is 1. The number of hydrogen-bond donors (Lipinski definition) is 4. The number of aliphatic hydroxyl groups excluding tert-OH is 1. The van der Waals surface area contributed by atoms with E-state index in [0.717, 1.165) is 24.2 Å². The van der Waals surface area contributed by atoms with Crippen LogP contribution in [0.5, 0.6) is 0 Å². The molecule has 2 aromatic heterocycles. The monoisotopic (exact) mass is 441 g/mol. The van der Waals surface area contributed by atoms with Gasteiger partial charge in [0.1, 0.15) is 0 Å². The molecule has 0 unspecified atom stereocenters. The van der Waals surface area contributed by atoms with E-state index >= 15 is 0 Å². The Morgan fingerprint density at radius 1 is 1.23 bits per heavy atom. The van der Waals surface area contributed by atoms with E-state index in [1.807, 2.05) is 25.1 Å². The van der Waals surface area contributed by atoms with Crippen molar-refractivity contribution in [1.29, 1.82) is 0 Å². The molecule has 0 spiro atoms. The van der Waals surface area contributed by atoms with Crippen LogP contribution < -0.4 is 10.6 Å². The lowest BCUT2D eigenvalue weighted by Crippen LogP contribution is -2.39. The zero-order valence-electron chi connectivity index (χ0n) is 17.1. The van der Waals surface area contributed by atoms with Crippen LogP contribution in [0.1, 0.15) is 29.0 Å². The number of carbonyl (C=O) groups excluding carboxylic acids is 1. The van der Waals surface area contributed by atoms with Gasteiger partial charge in [-0.15, -0.1) is 0 Å². The van der Waals surface area contributed by atoms with Crippen molar-refractivity contribution in [2.75, 3.05) is 30.3 Å². The number of anilines is 4. The fourth-order valence-corrected chi connectivity index (χ4v) is 3.57. The Morgan fingerprint density at radius 3 is 2.61 bits per heavy atom. The number of amides is 1. The van der Waals surface area contributed by atoms with E-state index in [-0.39, 0.29) is 24.1 Å². The highest BCUT2D eigenvalue weighted by Gasteiger charge is 2.26. The highest BCUT2D eigenvalue weighted by Crippen LogP contribution is 2.25. The number of benzene rings is 1. The van der Waals surface area contributed by atoms with Crippen LogP contribution in [0.15, 0.2) is 36.5 Å². The first kappa shape index (κ1) is 21.1. The van der Waals surface area contributed by atoms with Crippen molar-refractivity contribution in [3.05, 3.63) is 52.9 Å². The van der Waals surface area contributed by atoms with Gasteiger partial charge in [0.25, 0.3) is 5.91 Å². The number of halogens is 1. The summed E-state index contributed by atoms with van der Waals surface area (Å²) in [6.45, 7) is 3.22. The van der Waals surface area contributed by atoms with Gasteiger partial charge in [0, 0.05) is 42.2 Å². The SMILES string of the molecule is Cc1cc(Nc2cnc(C(=O)N3CCC(CO)CC3)c(Nc3ccc(Cl)cc3)n2)n[nH]1. The summed E-state index contributed by atoms with van der Waals surface area (Å²) >= 11 is 5.98. The Balaban J connectivity index is 1.61. The van der Waals surface area contributed by atoms with Crippen LogP contribution in [0, 0.1) is 12.8 Å². The topological polar surface area (TPSA) is 119 Å². The minimum absolute atomic E-state index is 0.151. The van der Waals surface area contributed by atoms with Crippen molar-refractivity contribution < 1.29 is 9.90 Å². The smallest absolute Gasteiger partial charge is 0.276 e. The molecule has 1 fully saturated rings. The van der Waals surface area contributed by atoms with Gasteiger partial charge in [0.2, 0.25) is 0 Å². The van der Waals surface area contributed by atoms with Crippen LogP contribution in [0.3, 0.4) is 0 Å². The third kappa shape index (κ3) is 5.12. The molecule has 1 saturated heterocycles. The number of likely N-dealkylation sites (tertiary alicyclic amines) is 1. The Bertz CT molecular complexity index is 1050. The molecule has 4 rings (SSSR count). The summed E-state index contributed by atoms with van der Waals surface area (Å²) in [4.78, 5) is 24.0. The number of hydrogen-bond acceptors (Lipinski definition) is 7. The van der Waals surface area contributed by atoms with Gasteiger partial charge in [-0.05, 0) is 49.9 Å². The molecular formula is C21H24ClN7O2. The minimum atomic E-state index is -0.192. The van der Waals surface area contributed by atoms with Crippen molar-refractivity contribution in [2.24, 2.45) is 5.92 Å². The molecule has 31 heavy (non-hydrogen) atoms. The van der Waals surface area contributed by atoms with E-state index in [9.17, 15) is 9.90 Å². The summed E-state index contributed by atoms with van der Waals surface area (Å²) in [5, 5.41) is 23.2. The predicted octanol–water partition coefficient (Wildman–Crippen LogP) is 3.49. The molecule has 1 aromatic carbocycles. The van der Waals surface area contributed by atoms with Crippen LogP contribution in [-0.2, 0) is 0 Å². The molecule has 1 amide bonds. The van der Waals surface area contributed by atoms with Crippen LogP contribution >= 0.6 is 11.6 Å². The molecule has 0 atom stereocenters. The standard InChI is InChI=1S/C21H24ClN7O2/c1-13-10-17(28-27-13)25-18-11-23-19(21(31)29-8-6-14(12-30)7-9-29)20(26-18)24-16-4-2-15(22)3-5-16/h2-5,10-11,14,30H,6-9,12H2,1H3,(H3,24,25,26,27,28). The predicted molar refractivity (Wildman–Crippen MR) is 119 cm³/mol. The maximum atomic E-state index is 13.2. The molecule has 0 saturated carbocycles. The molecule has 1 aliphatic heterocycles. The molecule has 3 aromatic rings. The van der Waals surface area contributed by atoms with Gasteiger partial charge in [-0.25, -0.2) is 9.97 Å². The number of aromatic nitrogens is 4. The molecule has 10 heteroatoms. The molecular weight excluding hydrogens is 418 g/mol. The first-order valence-electron chi connectivity index (χ1n) is 10.1. The molecule has 3 heterocycles. The normalized spacial score (nSPS) is 14.5. The quantitative estimate of drug-likeness (QED) is 0.462. The second-order valence-electron chi connectivity index (χ2n) is 7.56. The summed E-state index contributed by atoms with van der Waals surface area (Å²) in [6, 6.07) is 8.98. The average Bonchev–Trinajstić information content (AvgIpc) is 3.19. The molecule has 4 N–H and O–H groups in total. The summed E-state index contributed by atoms with van der Waals surface area (Å²) in [6.07, 6.45) is 3.06. The highest BCUT2D eigenvalue weighted by molar-refractivity contribution is 6.30. The van der Waals surface area contributed by atoms with E-state index in [4.69, 9.17) is 11.6 Å². The first-order chi connectivity index (χ1) is 15.0. The second kappa shape index (κ2) is 9.32. The average molecular weight is 442 g/mol. The molecule has 162 valence electrons. The van der Waals surface area contributed by atoms with Crippen molar-refractivity contribution >= 4 is 40.6 Å². The van der Waals surface area contributed by atoms with Gasteiger partial charge in [-0.3, -0.25) is 9.89 Å². The number of nitrogens with one attached hydrogen (secondary N) is 3. The fraction of sp³-hybridized carbons (Fsp3) is 0.333. The molecule has 1 aliphatic rings. The van der Waals surface area contributed by atoms with Gasteiger partial charge in [-0.2, -0.15) is 5.10 Å². The van der Waals surface area contributed by atoms with Crippen molar-refractivity contribution in [1.82, 2.24) is 25.1 Å². The maximum Gasteiger partial charge on any atom is 0.276 e. The summed E-state index contributed by atoms with van der Waals surface area (Å²) in [5.74, 6) is 1.45. The number of piperidine rings is 1. The number of aromatic amines is 1. The summed E-state index contributed by atoms with van der Waals surface area (Å²) < 4.78 is 0. The third-order valence-corrected chi connectivity index (χ3v) is 5.46.